The van der Waals surface area contributed by atoms with E-state index in [0.717, 1.165) is 17.1 Å². The highest BCUT2D eigenvalue weighted by Crippen LogP contribution is 2.27. The van der Waals surface area contributed by atoms with Crippen molar-refractivity contribution in [1.82, 2.24) is 15.0 Å². The molecule has 0 aliphatic heterocycles. The number of pyridine rings is 1. The minimum absolute atomic E-state index is 0.0245. The van der Waals surface area contributed by atoms with Gasteiger partial charge in [0.1, 0.15) is 22.5 Å². The molecule has 0 atom stereocenters. The molecule has 3 rings (SSSR count). The SMILES string of the molecule is CCOc1ccc2cc(C#N)c(SCC(=O)Nc3c(C)[nH]c(=O)[nH]c3=O)nc2c1. The van der Waals surface area contributed by atoms with Crippen molar-refractivity contribution >= 4 is 34.3 Å². The number of amides is 1. The molecule has 2 heterocycles. The summed E-state index contributed by atoms with van der Waals surface area (Å²) in [5.74, 6) is 0.124. The van der Waals surface area contributed by atoms with E-state index in [2.05, 4.69) is 26.3 Å². The standard InChI is InChI=1S/C19H17N5O4S/c1-3-28-13-5-4-11-6-12(8-20)18(22-14(11)7-13)29-9-15(25)23-16-10(2)21-19(27)24-17(16)26/h4-7H,3,9H2,1-2H3,(H,23,25)(H2,21,24,26,27). The minimum Gasteiger partial charge on any atom is -0.494 e. The van der Waals surface area contributed by atoms with Crippen LogP contribution in [0.25, 0.3) is 10.9 Å². The lowest BCUT2D eigenvalue weighted by molar-refractivity contribution is -0.113. The number of aromatic nitrogens is 3. The second-order valence-corrected chi connectivity index (χ2v) is 6.95. The number of nitrogens with one attached hydrogen (secondary N) is 3. The third-order valence-electron chi connectivity index (χ3n) is 3.92. The van der Waals surface area contributed by atoms with Crippen molar-refractivity contribution < 1.29 is 9.53 Å². The Hall–Kier alpha value is -3.58. The van der Waals surface area contributed by atoms with Crippen LogP contribution < -0.4 is 21.3 Å². The zero-order valence-electron chi connectivity index (χ0n) is 15.7. The van der Waals surface area contributed by atoms with Gasteiger partial charge in [0.2, 0.25) is 5.91 Å². The number of benzene rings is 1. The molecule has 0 unspecified atom stereocenters. The molecule has 0 bridgehead atoms. The molecule has 0 aliphatic rings. The summed E-state index contributed by atoms with van der Waals surface area (Å²) in [5, 5.41) is 13.1. The minimum atomic E-state index is -0.686. The number of nitriles is 1. The Labute approximate surface area is 169 Å². The Balaban J connectivity index is 1.80. The fourth-order valence-corrected chi connectivity index (χ4v) is 3.40. The first-order chi connectivity index (χ1) is 13.9. The summed E-state index contributed by atoms with van der Waals surface area (Å²) < 4.78 is 5.47. The summed E-state index contributed by atoms with van der Waals surface area (Å²) in [7, 11) is 0. The molecular formula is C19H17N5O4S. The zero-order valence-corrected chi connectivity index (χ0v) is 16.5. The van der Waals surface area contributed by atoms with Crippen LogP contribution in [0.1, 0.15) is 18.2 Å². The Morgan fingerprint density at radius 1 is 1.31 bits per heavy atom. The molecule has 0 saturated carbocycles. The lowest BCUT2D eigenvalue weighted by atomic mass is 10.1. The topological polar surface area (TPSA) is 141 Å². The summed E-state index contributed by atoms with van der Waals surface area (Å²) in [4.78, 5) is 44.3. The number of rotatable bonds is 6. The van der Waals surface area contributed by atoms with Gasteiger partial charge in [-0.25, -0.2) is 9.78 Å². The van der Waals surface area contributed by atoms with Gasteiger partial charge in [-0.05, 0) is 32.0 Å². The third kappa shape index (κ3) is 4.64. The van der Waals surface area contributed by atoms with Crippen molar-refractivity contribution in [2.45, 2.75) is 18.9 Å². The zero-order chi connectivity index (χ0) is 21.0. The first kappa shape index (κ1) is 20.2. The van der Waals surface area contributed by atoms with Crippen LogP contribution in [0.4, 0.5) is 5.69 Å². The van der Waals surface area contributed by atoms with E-state index in [-0.39, 0.29) is 17.1 Å². The molecular weight excluding hydrogens is 394 g/mol. The predicted molar refractivity (Wildman–Crippen MR) is 109 cm³/mol. The van der Waals surface area contributed by atoms with Crippen LogP contribution in [-0.2, 0) is 4.79 Å². The van der Waals surface area contributed by atoms with Gasteiger partial charge in [-0.3, -0.25) is 14.6 Å². The molecule has 0 aliphatic carbocycles. The molecule has 3 aromatic rings. The van der Waals surface area contributed by atoms with Gasteiger partial charge >= 0.3 is 5.69 Å². The van der Waals surface area contributed by atoms with Crippen LogP contribution in [0, 0.1) is 18.3 Å². The number of nitrogens with zero attached hydrogens (tertiary/aromatic N) is 2. The van der Waals surface area contributed by atoms with Gasteiger partial charge in [0, 0.05) is 17.1 Å². The Bertz CT molecular complexity index is 1240. The number of fused-ring (bicyclic) bond motifs is 1. The Morgan fingerprint density at radius 3 is 2.79 bits per heavy atom. The number of aryl methyl sites for hydroxylation is 1. The molecule has 0 fully saturated rings. The highest BCUT2D eigenvalue weighted by atomic mass is 32.2. The number of thioether (sulfide) groups is 1. The summed E-state index contributed by atoms with van der Waals surface area (Å²) >= 11 is 1.08. The van der Waals surface area contributed by atoms with Crippen LogP contribution in [0.2, 0.25) is 0 Å². The highest BCUT2D eigenvalue weighted by Gasteiger charge is 2.13. The molecule has 29 heavy (non-hydrogen) atoms. The van der Waals surface area contributed by atoms with E-state index < -0.39 is 17.2 Å². The maximum atomic E-state index is 12.3. The van der Waals surface area contributed by atoms with Crippen LogP contribution in [0.5, 0.6) is 5.75 Å². The van der Waals surface area contributed by atoms with E-state index in [1.165, 1.54) is 6.92 Å². The van der Waals surface area contributed by atoms with Gasteiger partial charge in [0.05, 0.1) is 23.4 Å². The summed E-state index contributed by atoms with van der Waals surface area (Å²) in [6, 6.07) is 9.18. The lowest BCUT2D eigenvalue weighted by Gasteiger charge is -2.09. The number of anilines is 1. The van der Waals surface area contributed by atoms with E-state index in [4.69, 9.17) is 4.74 Å². The second kappa shape index (κ2) is 8.62. The molecule has 1 aromatic carbocycles. The number of carbonyl (C=O) groups excluding carboxylic acids is 1. The normalized spacial score (nSPS) is 10.5. The van der Waals surface area contributed by atoms with E-state index in [1.54, 1.807) is 18.2 Å². The maximum Gasteiger partial charge on any atom is 0.326 e. The molecule has 10 heteroatoms. The summed E-state index contributed by atoms with van der Waals surface area (Å²) in [6.45, 7) is 3.91. The number of hydrogen-bond acceptors (Lipinski definition) is 7. The van der Waals surface area contributed by atoms with Crippen LogP contribution in [-0.4, -0.2) is 33.2 Å². The number of ether oxygens (including phenoxy) is 1. The van der Waals surface area contributed by atoms with Gasteiger partial charge in [-0.15, -0.1) is 0 Å². The average molecular weight is 411 g/mol. The summed E-state index contributed by atoms with van der Waals surface area (Å²) in [5.41, 5.74) is -0.117. The van der Waals surface area contributed by atoms with Crippen molar-refractivity contribution in [2.75, 3.05) is 17.7 Å². The Morgan fingerprint density at radius 2 is 2.10 bits per heavy atom. The quantitative estimate of drug-likeness (QED) is 0.526. The Kier molecular flexibility index (Phi) is 5.99. The molecule has 0 radical (unpaired) electrons. The molecule has 2 aromatic heterocycles. The third-order valence-corrected chi connectivity index (χ3v) is 4.91. The summed E-state index contributed by atoms with van der Waals surface area (Å²) in [6.07, 6.45) is 0. The fraction of sp³-hybridized carbons (Fsp3) is 0.211. The molecule has 9 nitrogen and oxygen atoms in total. The van der Waals surface area contributed by atoms with Crippen molar-refractivity contribution in [2.24, 2.45) is 0 Å². The first-order valence-corrected chi connectivity index (χ1v) is 9.63. The highest BCUT2D eigenvalue weighted by molar-refractivity contribution is 8.00. The molecule has 3 N–H and O–H groups in total. The fourth-order valence-electron chi connectivity index (χ4n) is 2.64. The van der Waals surface area contributed by atoms with Crippen LogP contribution in [0.15, 0.2) is 38.9 Å². The van der Waals surface area contributed by atoms with Gasteiger partial charge in [0.25, 0.3) is 5.56 Å². The maximum absolute atomic E-state index is 12.3. The van der Waals surface area contributed by atoms with E-state index in [0.29, 0.717) is 28.5 Å². The number of aromatic amines is 2. The molecule has 1 amide bonds. The van der Waals surface area contributed by atoms with E-state index >= 15 is 0 Å². The van der Waals surface area contributed by atoms with Gasteiger partial charge < -0.3 is 15.0 Å². The van der Waals surface area contributed by atoms with E-state index in [1.807, 2.05) is 13.0 Å². The van der Waals surface area contributed by atoms with Crippen molar-refractivity contribution in [3.63, 3.8) is 0 Å². The number of carbonyl (C=O) groups is 1. The largest absolute Gasteiger partial charge is 0.494 e. The van der Waals surface area contributed by atoms with Gasteiger partial charge in [-0.1, -0.05) is 11.8 Å². The van der Waals surface area contributed by atoms with Crippen molar-refractivity contribution in [1.29, 1.82) is 5.26 Å². The van der Waals surface area contributed by atoms with Crippen LogP contribution >= 0.6 is 11.8 Å². The number of H-pyrrole nitrogens is 2. The smallest absolute Gasteiger partial charge is 0.326 e. The van der Waals surface area contributed by atoms with Crippen molar-refractivity contribution in [3.05, 3.63) is 56.4 Å². The number of hydrogen-bond donors (Lipinski definition) is 3. The first-order valence-electron chi connectivity index (χ1n) is 8.64. The van der Waals surface area contributed by atoms with E-state index in [9.17, 15) is 19.6 Å². The van der Waals surface area contributed by atoms with Gasteiger partial charge in [0.15, 0.2) is 0 Å². The molecule has 0 saturated heterocycles. The van der Waals surface area contributed by atoms with Gasteiger partial charge in [-0.2, -0.15) is 5.26 Å². The van der Waals surface area contributed by atoms with Crippen molar-refractivity contribution in [3.8, 4) is 11.8 Å². The molecule has 148 valence electrons. The monoisotopic (exact) mass is 411 g/mol. The van der Waals surface area contributed by atoms with Crippen LogP contribution in [0.3, 0.4) is 0 Å². The average Bonchev–Trinajstić information content (AvgIpc) is 2.68. The lowest BCUT2D eigenvalue weighted by Crippen LogP contribution is -2.29. The predicted octanol–water partition coefficient (Wildman–Crippen LogP) is 1.92. The second-order valence-electron chi connectivity index (χ2n) is 5.99. The molecule has 0 spiro atoms.